The summed E-state index contributed by atoms with van der Waals surface area (Å²) >= 11 is 1.50. The summed E-state index contributed by atoms with van der Waals surface area (Å²) in [6.45, 7) is 0.616. The number of para-hydroxylation sites is 1. The molecule has 0 atom stereocenters. The van der Waals surface area contributed by atoms with E-state index in [2.05, 4.69) is 0 Å². The molecule has 1 amide bonds. The van der Waals surface area contributed by atoms with Crippen LogP contribution in [0.1, 0.15) is 28.1 Å². The molecule has 1 aliphatic rings. The maximum absolute atomic E-state index is 12.6. The summed E-state index contributed by atoms with van der Waals surface area (Å²) in [5.74, 6) is 0.977. The van der Waals surface area contributed by atoms with Crippen LogP contribution in [0.5, 0.6) is 5.75 Å². The summed E-state index contributed by atoms with van der Waals surface area (Å²) < 4.78 is 5.38. The summed E-state index contributed by atoms with van der Waals surface area (Å²) in [5.41, 5.74) is 1.06. The van der Waals surface area contributed by atoms with Gasteiger partial charge in [0.15, 0.2) is 0 Å². The average Bonchev–Trinajstić information content (AvgIpc) is 3.17. The number of hydrogen-bond donors (Lipinski definition) is 0. The van der Waals surface area contributed by atoms with Crippen molar-refractivity contribution in [2.75, 3.05) is 7.11 Å². The molecule has 20 heavy (non-hydrogen) atoms. The molecule has 1 aromatic carbocycles. The number of carbonyl (C=O) groups excluding carboxylic acids is 1. The van der Waals surface area contributed by atoms with Crippen molar-refractivity contribution in [3.8, 4) is 5.75 Å². The van der Waals surface area contributed by atoms with Gasteiger partial charge in [-0.1, -0.05) is 24.3 Å². The number of amides is 1. The van der Waals surface area contributed by atoms with Gasteiger partial charge < -0.3 is 9.64 Å². The molecule has 0 spiro atoms. The monoisotopic (exact) mass is 287 g/mol. The standard InChI is InChI=1S/C16H17NO2S/c1-19-14-6-3-2-5-12(14)11-17(13-8-9-13)16(18)15-7-4-10-20-15/h2-7,10,13H,8-9,11H2,1H3. The second-order valence-electron chi connectivity index (χ2n) is 4.95. The number of rotatable bonds is 5. The average molecular weight is 287 g/mol. The molecular weight excluding hydrogens is 270 g/mol. The topological polar surface area (TPSA) is 29.5 Å². The molecule has 0 bridgehead atoms. The molecule has 1 aliphatic carbocycles. The molecule has 3 nitrogen and oxygen atoms in total. The third-order valence-corrected chi connectivity index (χ3v) is 4.37. The van der Waals surface area contributed by atoms with E-state index in [0.717, 1.165) is 29.0 Å². The second-order valence-corrected chi connectivity index (χ2v) is 5.90. The SMILES string of the molecule is COc1ccccc1CN(C(=O)c1cccs1)C1CC1. The second kappa shape index (κ2) is 5.67. The highest BCUT2D eigenvalue weighted by Crippen LogP contribution is 2.32. The predicted octanol–water partition coefficient (Wildman–Crippen LogP) is 3.56. The Hall–Kier alpha value is -1.81. The molecule has 2 aromatic rings. The van der Waals surface area contributed by atoms with Crippen molar-refractivity contribution in [2.24, 2.45) is 0 Å². The Kier molecular flexibility index (Phi) is 3.74. The van der Waals surface area contributed by atoms with Gasteiger partial charge in [-0.3, -0.25) is 4.79 Å². The van der Waals surface area contributed by atoms with Gasteiger partial charge in [0.05, 0.1) is 12.0 Å². The van der Waals surface area contributed by atoms with Crippen LogP contribution in [-0.4, -0.2) is 24.0 Å². The number of methoxy groups -OCH3 is 1. The van der Waals surface area contributed by atoms with E-state index in [1.807, 2.05) is 46.7 Å². The van der Waals surface area contributed by atoms with Gasteiger partial charge in [0.2, 0.25) is 0 Å². The van der Waals surface area contributed by atoms with Crippen molar-refractivity contribution in [1.82, 2.24) is 4.90 Å². The van der Waals surface area contributed by atoms with E-state index in [0.29, 0.717) is 12.6 Å². The van der Waals surface area contributed by atoms with Crippen LogP contribution in [-0.2, 0) is 6.54 Å². The van der Waals surface area contributed by atoms with E-state index < -0.39 is 0 Å². The van der Waals surface area contributed by atoms with E-state index in [4.69, 9.17) is 4.74 Å². The van der Waals surface area contributed by atoms with Gasteiger partial charge >= 0.3 is 0 Å². The fourth-order valence-electron chi connectivity index (χ4n) is 2.31. The summed E-state index contributed by atoms with van der Waals surface area (Å²) in [6.07, 6.45) is 2.21. The minimum atomic E-state index is 0.133. The Labute approximate surface area is 122 Å². The molecule has 1 aromatic heterocycles. The molecule has 0 unspecified atom stereocenters. The lowest BCUT2D eigenvalue weighted by Gasteiger charge is -2.23. The lowest BCUT2D eigenvalue weighted by molar-refractivity contribution is 0.0733. The van der Waals surface area contributed by atoms with E-state index in [-0.39, 0.29) is 5.91 Å². The lowest BCUT2D eigenvalue weighted by atomic mass is 10.2. The summed E-state index contributed by atoms with van der Waals surface area (Å²) in [6, 6.07) is 12.1. The summed E-state index contributed by atoms with van der Waals surface area (Å²) in [7, 11) is 1.67. The van der Waals surface area contributed by atoms with E-state index >= 15 is 0 Å². The minimum Gasteiger partial charge on any atom is -0.496 e. The molecule has 1 fully saturated rings. The maximum atomic E-state index is 12.6. The van der Waals surface area contributed by atoms with Gasteiger partial charge in [-0.2, -0.15) is 0 Å². The van der Waals surface area contributed by atoms with E-state index in [9.17, 15) is 4.79 Å². The number of hydrogen-bond acceptors (Lipinski definition) is 3. The largest absolute Gasteiger partial charge is 0.496 e. The molecule has 0 saturated heterocycles. The third kappa shape index (κ3) is 2.70. The Morgan fingerprint density at radius 2 is 2.10 bits per heavy atom. The normalized spacial score (nSPS) is 14.1. The highest BCUT2D eigenvalue weighted by molar-refractivity contribution is 7.12. The van der Waals surface area contributed by atoms with Crippen LogP contribution in [0, 0.1) is 0 Å². The molecule has 3 rings (SSSR count). The summed E-state index contributed by atoms with van der Waals surface area (Å²) in [5, 5.41) is 1.95. The van der Waals surface area contributed by atoms with Gasteiger partial charge in [0.1, 0.15) is 5.75 Å². The summed E-state index contributed by atoms with van der Waals surface area (Å²) in [4.78, 5) is 15.4. The lowest BCUT2D eigenvalue weighted by Crippen LogP contribution is -2.32. The first-order valence-electron chi connectivity index (χ1n) is 6.76. The predicted molar refractivity (Wildman–Crippen MR) is 80.2 cm³/mol. The number of ether oxygens (including phenoxy) is 1. The zero-order valence-corrected chi connectivity index (χ0v) is 12.2. The zero-order valence-electron chi connectivity index (χ0n) is 11.4. The number of thiophene rings is 1. The van der Waals surface area contributed by atoms with Crippen molar-refractivity contribution in [2.45, 2.75) is 25.4 Å². The first kappa shape index (κ1) is 13.2. The number of benzene rings is 1. The van der Waals surface area contributed by atoms with Gasteiger partial charge in [-0.25, -0.2) is 0 Å². The van der Waals surface area contributed by atoms with Gasteiger partial charge in [0, 0.05) is 18.2 Å². The Balaban J connectivity index is 1.83. The zero-order chi connectivity index (χ0) is 13.9. The van der Waals surface area contributed by atoms with Crippen LogP contribution >= 0.6 is 11.3 Å². The van der Waals surface area contributed by atoms with E-state index in [1.54, 1.807) is 7.11 Å². The highest BCUT2D eigenvalue weighted by Gasteiger charge is 2.33. The molecule has 4 heteroatoms. The quantitative estimate of drug-likeness (QED) is 0.841. The van der Waals surface area contributed by atoms with Crippen LogP contribution in [0.4, 0.5) is 0 Å². The Bertz CT molecular complexity index is 590. The van der Waals surface area contributed by atoms with Gasteiger partial charge in [0.25, 0.3) is 5.91 Å². The van der Waals surface area contributed by atoms with Gasteiger partial charge in [-0.05, 0) is 30.4 Å². The van der Waals surface area contributed by atoms with Crippen LogP contribution in [0.15, 0.2) is 41.8 Å². The third-order valence-electron chi connectivity index (χ3n) is 3.51. The Morgan fingerprint density at radius 1 is 1.30 bits per heavy atom. The number of carbonyl (C=O) groups is 1. The molecular formula is C16H17NO2S. The fourth-order valence-corrected chi connectivity index (χ4v) is 2.99. The van der Waals surface area contributed by atoms with Crippen molar-refractivity contribution >= 4 is 17.2 Å². The van der Waals surface area contributed by atoms with Crippen molar-refractivity contribution in [3.63, 3.8) is 0 Å². The smallest absolute Gasteiger partial charge is 0.264 e. The fraction of sp³-hybridized carbons (Fsp3) is 0.312. The molecule has 0 aliphatic heterocycles. The van der Waals surface area contributed by atoms with Gasteiger partial charge in [-0.15, -0.1) is 11.3 Å². The molecule has 104 valence electrons. The van der Waals surface area contributed by atoms with Crippen LogP contribution in [0.3, 0.4) is 0 Å². The van der Waals surface area contributed by atoms with Crippen molar-refractivity contribution in [1.29, 1.82) is 0 Å². The molecule has 1 saturated carbocycles. The Morgan fingerprint density at radius 3 is 2.75 bits per heavy atom. The van der Waals surface area contributed by atoms with Crippen molar-refractivity contribution < 1.29 is 9.53 Å². The van der Waals surface area contributed by atoms with Crippen LogP contribution in [0.2, 0.25) is 0 Å². The van der Waals surface area contributed by atoms with Crippen LogP contribution in [0.25, 0.3) is 0 Å². The molecule has 0 radical (unpaired) electrons. The first-order chi connectivity index (χ1) is 9.79. The maximum Gasteiger partial charge on any atom is 0.264 e. The highest BCUT2D eigenvalue weighted by atomic mass is 32.1. The molecule has 0 N–H and O–H groups in total. The first-order valence-corrected chi connectivity index (χ1v) is 7.64. The van der Waals surface area contributed by atoms with Crippen LogP contribution < -0.4 is 4.74 Å². The molecule has 1 heterocycles. The minimum absolute atomic E-state index is 0.133. The number of nitrogens with zero attached hydrogens (tertiary/aromatic N) is 1. The van der Waals surface area contributed by atoms with Crippen molar-refractivity contribution in [3.05, 3.63) is 52.2 Å². The van der Waals surface area contributed by atoms with E-state index in [1.165, 1.54) is 11.3 Å².